The average molecular weight is 900 g/mol. The Balaban J connectivity index is 1.29. The number of piperazine rings is 1. The summed E-state index contributed by atoms with van der Waals surface area (Å²) in [6, 6.07) is 10.6. The van der Waals surface area contributed by atoms with Gasteiger partial charge in [0.05, 0.1) is 30.9 Å². The number of aromatic amines is 1. The number of hydrogen-bond donors (Lipinski definition) is 7. The highest BCUT2D eigenvalue weighted by atomic mass is 16.3. The van der Waals surface area contributed by atoms with Gasteiger partial charge in [-0.1, -0.05) is 32.4 Å². The van der Waals surface area contributed by atoms with Gasteiger partial charge in [-0.2, -0.15) is 0 Å². The van der Waals surface area contributed by atoms with Crippen LogP contribution in [0.2, 0.25) is 0 Å². The van der Waals surface area contributed by atoms with Crippen LogP contribution in [-0.4, -0.2) is 143 Å². The van der Waals surface area contributed by atoms with E-state index in [4.69, 9.17) is 5.73 Å². The molecule has 5 atom stereocenters. The van der Waals surface area contributed by atoms with E-state index < -0.39 is 54.1 Å². The summed E-state index contributed by atoms with van der Waals surface area (Å²) in [6.07, 6.45) is 6.55. The Hall–Kier alpha value is -6.96. The van der Waals surface area contributed by atoms with Crippen LogP contribution in [0.5, 0.6) is 5.75 Å². The molecule has 5 unspecified atom stereocenters. The van der Waals surface area contributed by atoms with E-state index in [0.29, 0.717) is 63.1 Å². The predicted octanol–water partition coefficient (Wildman–Crippen LogP) is 0.517. The van der Waals surface area contributed by atoms with Crippen molar-refractivity contribution in [2.24, 2.45) is 22.6 Å². The summed E-state index contributed by atoms with van der Waals surface area (Å²) >= 11 is 0. The number of nitrogens with two attached hydrogens (primary N) is 1. The molecular weight excluding hydrogens is 839 g/mol. The molecular formula is C45H61N11O9. The minimum absolute atomic E-state index is 0.0475. The number of anilines is 1. The van der Waals surface area contributed by atoms with Crippen molar-refractivity contribution >= 4 is 65.7 Å². The molecule has 2 aromatic carbocycles. The molecule has 20 heteroatoms. The van der Waals surface area contributed by atoms with Crippen molar-refractivity contribution in [1.82, 2.24) is 41.0 Å². The number of hydrogen-bond acceptors (Lipinski definition) is 13. The number of nitrogens with zero attached hydrogens (tertiary/aromatic N) is 5. The molecule has 0 radical (unpaired) electrons. The third kappa shape index (κ3) is 16.6. The summed E-state index contributed by atoms with van der Waals surface area (Å²) in [5.41, 5.74) is 8.42. The van der Waals surface area contributed by atoms with Gasteiger partial charge >= 0.3 is 0 Å². The normalized spacial score (nSPS) is 14.9. The van der Waals surface area contributed by atoms with Gasteiger partial charge in [0.2, 0.25) is 35.9 Å². The fourth-order valence-corrected chi connectivity index (χ4v) is 7.15. The van der Waals surface area contributed by atoms with Gasteiger partial charge in [0, 0.05) is 69.4 Å². The van der Waals surface area contributed by atoms with E-state index in [1.54, 1.807) is 29.2 Å². The number of imidazole rings is 1. The number of Topliss-reactive ketones (excluding diaryl/α,β-unsaturated/α-hetero) is 1. The number of benzene rings is 2. The Morgan fingerprint density at radius 3 is 2.25 bits per heavy atom. The third-order valence-corrected chi connectivity index (χ3v) is 11.1. The highest BCUT2D eigenvalue weighted by Crippen LogP contribution is 2.22. The van der Waals surface area contributed by atoms with Crippen LogP contribution in [0.25, 0.3) is 0 Å². The van der Waals surface area contributed by atoms with Gasteiger partial charge in [0.25, 0.3) is 0 Å². The van der Waals surface area contributed by atoms with E-state index in [-0.39, 0.29) is 62.3 Å². The number of phenols is 1. The number of carbonyl (C=O) groups is 8. The summed E-state index contributed by atoms with van der Waals surface area (Å²) in [5, 5.41) is 20.3. The molecule has 8 N–H and O–H groups in total. The van der Waals surface area contributed by atoms with Crippen molar-refractivity contribution < 1.29 is 43.5 Å². The molecule has 350 valence electrons. The summed E-state index contributed by atoms with van der Waals surface area (Å²) in [4.78, 5) is 118. The molecule has 0 bridgehead atoms. The lowest BCUT2D eigenvalue weighted by Crippen LogP contribution is -2.54. The van der Waals surface area contributed by atoms with Gasteiger partial charge in [-0.15, -0.1) is 0 Å². The number of aldehydes is 1. The van der Waals surface area contributed by atoms with Crippen molar-refractivity contribution in [3.05, 3.63) is 72.3 Å². The van der Waals surface area contributed by atoms with Crippen LogP contribution in [0, 0.1) is 11.8 Å². The van der Waals surface area contributed by atoms with Gasteiger partial charge in [-0.3, -0.25) is 38.5 Å². The zero-order valence-corrected chi connectivity index (χ0v) is 37.1. The van der Waals surface area contributed by atoms with E-state index in [1.807, 2.05) is 26.0 Å². The minimum atomic E-state index is -1.11. The number of H-pyrrole nitrogens is 1. The number of amides is 6. The molecule has 0 saturated carbocycles. The van der Waals surface area contributed by atoms with E-state index in [2.05, 4.69) is 41.1 Å². The van der Waals surface area contributed by atoms with Gasteiger partial charge in [0.15, 0.2) is 5.78 Å². The Bertz CT molecular complexity index is 2070. The maximum Gasteiger partial charge on any atom is 0.243 e. The van der Waals surface area contributed by atoms with Crippen molar-refractivity contribution in [3.63, 3.8) is 0 Å². The monoisotopic (exact) mass is 899 g/mol. The molecule has 65 heavy (non-hydrogen) atoms. The lowest BCUT2D eigenvalue weighted by Gasteiger charge is -2.36. The SMILES string of the molecule is CCC(C)C(NC(C)=O)C(=O)NCC(=O)N1CCN(c2ccc(N=CN(C=O)CC(=O)NC(CCCN)C(=O)NC(Cc3cnc[nH]3)C(=O)CC(C=O)Cc3ccc(O)cc3)cc2)CC1. The fourth-order valence-electron chi connectivity index (χ4n) is 7.15. The van der Waals surface area contributed by atoms with Crippen molar-refractivity contribution in [3.8, 4) is 5.75 Å². The number of aliphatic imine (C=N–C) groups is 1. The van der Waals surface area contributed by atoms with Crippen LogP contribution in [0.3, 0.4) is 0 Å². The van der Waals surface area contributed by atoms with Gasteiger partial charge in [-0.05, 0) is 73.7 Å². The molecule has 20 nitrogen and oxygen atoms in total. The number of phenolic OH excluding ortho intramolecular Hbond substituents is 1. The maximum absolute atomic E-state index is 13.7. The second-order valence-corrected chi connectivity index (χ2v) is 16.0. The number of ketones is 1. The third-order valence-electron chi connectivity index (χ3n) is 11.1. The van der Waals surface area contributed by atoms with Gasteiger partial charge in [-0.25, -0.2) is 9.98 Å². The highest BCUT2D eigenvalue weighted by Gasteiger charge is 2.30. The Morgan fingerprint density at radius 1 is 0.938 bits per heavy atom. The topological polar surface area (TPSA) is 282 Å². The maximum atomic E-state index is 13.7. The number of carbonyl (C=O) groups excluding carboxylic acids is 8. The van der Waals surface area contributed by atoms with Crippen molar-refractivity contribution in [2.45, 2.75) is 77.4 Å². The molecule has 0 aliphatic carbocycles. The molecule has 0 spiro atoms. The Labute approximate surface area is 378 Å². The standard InChI is InChI=1S/C45H61N11O9/c1-4-30(2)43(51-31(3)59)45(65)48-24-42(63)56-18-16-55(17-19-56)36-11-9-34(10-12-36)50-28-54(29-58)25-41(62)52-38(6-5-15-46)44(64)53-39(22-35-23-47-27-49-35)40(61)21-33(26-57)20-32-7-13-37(60)14-8-32/h7-14,23,26-30,33,38-39,43,60H,4-6,15-22,24-25,46H2,1-3H3,(H,47,49)(H,48,65)(H,51,59)(H,52,62)(H,53,64). The van der Waals surface area contributed by atoms with Crippen molar-refractivity contribution in [1.29, 1.82) is 0 Å². The lowest BCUT2D eigenvalue weighted by molar-refractivity contribution is -0.134. The summed E-state index contributed by atoms with van der Waals surface area (Å²) in [7, 11) is 0. The second-order valence-electron chi connectivity index (χ2n) is 16.0. The zero-order chi connectivity index (χ0) is 47.3. The quantitative estimate of drug-likeness (QED) is 0.0330. The molecule has 1 fully saturated rings. The van der Waals surface area contributed by atoms with E-state index in [9.17, 15) is 43.5 Å². The molecule has 6 amide bonds. The summed E-state index contributed by atoms with van der Waals surface area (Å²) < 4.78 is 0. The molecule has 1 aromatic heterocycles. The molecule has 4 rings (SSSR count). The Morgan fingerprint density at radius 2 is 1.65 bits per heavy atom. The minimum Gasteiger partial charge on any atom is -0.508 e. The zero-order valence-electron chi connectivity index (χ0n) is 37.1. The molecule has 1 aliphatic rings. The van der Waals surface area contributed by atoms with E-state index in [0.717, 1.165) is 16.2 Å². The van der Waals surface area contributed by atoms with Crippen LogP contribution in [0.1, 0.15) is 57.7 Å². The van der Waals surface area contributed by atoms with Crippen molar-refractivity contribution in [2.75, 3.05) is 50.7 Å². The van der Waals surface area contributed by atoms with Crippen LogP contribution in [-0.2, 0) is 51.2 Å². The molecule has 2 heterocycles. The first-order valence-corrected chi connectivity index (χ1v) is 21.7. The highest BCUT2D eigenvalue weighted by molar-refractivity contribution is 5.95. The first kappa shape index (κ1) is 50.7. The van der Waals surface area contributed by atoms with Gasteiger partial charge < -0.3 is 51.7 Å². The Kier molecular flexibility index (Phi) is 20.3. The number of aromatic hydroxyl groups is 1. The average Bonchev–Trinajstić information content (AvgIpc) is 3.83. The molecule has 3 aromatic rings. The molecule has 1 aliphatic heterocycles. The smallest absolute Gasteiger partial charge is 0.243 e. The lowest BCUT2D eigenvalue weighted by atomic mass is 9.92. The number of nitrogens with one attached hydrogen (secondary N) is 5. The largest absolute Gasteiger partial charge is 0.508 e. The van der Waals surface area contributed by atoms with Crippen LogP contribution in [0.4, 0.5) is 11.4 Å². The summed E-state index contributed by atoms with van der Waals surface area (Å²) in [5.74, 6) is -3.38. The first-order chi connectivity index (χ1) is 31.2. The van der Waals surface area contributed by atoms with E-state index in [1.165, 1.54) is 37.9 Å². The second kappa shape index (κ2) is 26.0. The number of aromatic nitrogens is 2. The summed E-state index contributed by atoms with van der Waals surface area (Å²) in [6.45, 7) is 6.69. The van der Waals surface area contributed by atoms with E-state index >= 15 is 0 Å². The number of rotatable bonds is 26. The van der Waals surface area contributed by atoms with Gasteiger partial charge in [0.1, 0.15) is 30.7 Å². The predicted molar refractivity (Wildman–Crippen MR) is 242 cm³/mol. The van der Waals surface area contributed by atoms with Crippen LogP contribution in [0.15, 0.2) is 66.0 Å². The first-order valence-electron chi connectivity index (χ1n) is 21.7. The fraction of sp³-hybridized carbons (Fsp3) is 0.467. The molecule has 1 saturated heterocycles. The van der Waals surface area contributed by atoms with Crippen LogP contribution < -0.4 is 31.9 Å². The van der Waals surface area contributed by atoms with Crippen LogP contribution >= 0.6 is 0 Å².